The number of nitrogens with zero attached hydrogens (tertiary/aromatic N) is 3. The second-order valence-electron chi connectivity index (χ2n) is 4.78. The molecule has 3 N–H and O–H groups in total. The molecule has 0 saturated heterocycles. The number of hydrogen-bond acceptors (Lipinski definition) is 5. The van der Waals surface area contributed by atoms with Crippen molar-refractivity contribution in [1.29, 1.82) is 0 Å². The third-order valence-electron chi connectivity index (χ3n) is 3.20. The summed E-state index contributed by atoms with van der Waals surface area (Å²) in [5.41, 5.74) is 8.40. The number of nitrogens with two attached hydrogens (primary N) is 1. The van der Waals surface area contributed by atoms with Gasteiger partial charge in [0.15, 0.2) is 0 Å². The van der Waals surface area contributed by atoms with Crippen molar-refractivity contribution in [3.63, 3.8) is 0 Å². The van der Waals surface area contributed by atoms with Crippen molar-refractivity contribution in [1.82, 2.24) is 14.2 Å². The second kappa shape index (κ2) is 4.61. The van der Waals surface area contributed by atoms with Crippen LogP contribution in [0.25, 0.3) is 0 Å². The van der Waals surface area contributed by atoms with E-state index in [0.29, 0.717) is 11.7 Å². The van der Waals surface area contributed by atoms with Gasteiger partial charge in [-0.3, -0.25) is 4.68 Å². The van der Waals surface area contributed by atoms with Crippen LogP contribution in [0, 0.1) is 0 Å². The quantitative estimate of drug-likeness (QED) is 0.865. The summed E-state index contributed by atoms with van der Waals surface area (Å²) in [5.74, 6) is 1.36. The van der Waals surface area contributed by atoms with E-state index in [-0.39, 0.29) is 0 Å². The van der Waals surface area contributed by atoms with Crippen LogP contribution < -0.4 is 11.1 Å². The molecule has 3 rings (SSSR count). The zero-order valence-electron chi connectivity index (χ0n) is 10.4. The van der Waals surface area contributed by atoms with Gasteiger partial charge in [-0.25, -0.2) is 0 Å². The average Bonchev–Trinajstić information content (AvgIpc) is 2.99. The van der Waals surface area contributed by atoms with Gasteiger partial charge in [0, 0.05) is 25.4 Å². The van der Waals surface area contributed by atoms with Gasteiger partial charge in [0.1, 0.15) is 10.8 Å². The molecule has 0 aromatic carbocycles. The van der Waals surface area contributed by atoms with E-state index in [9.17, 15) is 0 Å². The van der Waals surface area contributed by atoms with Gasteiger partial charge < -0.3 is 11.1 Å². The number of rotatable bonds is 5. The molecule has 2 aromatic heterocycles. The van der Waals surface area contributed by atoms with Gasteiger partial charge in [0.05, 0.1) is 6.20 Å². The molecule has 2 heterocycles. The summed E-state index contributed by atoms with van der Waals surface area (Å²) in [6.07, 6.45) is 7.42. The predicted molar refractivity (Wildman–Crippen MR) is 73.9 cm³/mol. The van der Waals surface area contributed by atoms with E-state index in [2.05, 4.69) is 14.8 Å². The Morgan fingerprint density at radius 1 is 1.56 bits per heavy atom. The van der Waals surface area contributed by atoms with E-state index in [0.717, 1.165) is 18.0 Å². The first kappa shape index (κ1) is 11.5. The third kappa shape index (κ3) is 2.33. The highest BCUT2D eigenvalue weighted by Crippen LogP contribution is 2.47. The van der Waals surface area contributed by atoms with Crippen molar-refractivity contribution in [3.05, 3.63) is 23.5 Å². The van der Waals surface area contributed by atoms with Crippen LogP contribution in [0.5, 0.6) is 0 Å². The van der Waals surface area contributed by atoms with Crippen LogP contribution >= 0.6 is 11.5 Å². The minimum Gasteiger partial charge on any atom is -0.383 e. The molecule has 0 atom stereocenters. The standard InChI is InChI=1S/C12H17N5S/c1-17-7-8(6-15-17)4-5-14-12-10(9-2-3-9)11(13)16-18-12/h6-7,9,14H,2-5H2,1H3,(H2,13,16). The molecule has 0 unspecified atom stereocenters. The van der Waals surface area contributed by atoms with Crippen LogP contribution in [0.15, 0.2) is 12.4 Å². The van der Waals surface area contributed by atoms with Crippen molar-refractivity contribution >= 4 is 22.4 Å². The molecule has 1 aliphatic rings. The summed E-state index contributed by atoms with van der Waals surface area (Å²) in [7, 11) is 1.94. The number of anilines is 2. The minimum absolute atomic E-state index is 0.643. The fourth-order valence-corrected chi connectivity index (χ4v) is 2.95. The lowest BCUT2D eigenvalue weighted by Gasteiger charge is -2.05. The summed E-state index contributed by atoms with van der Waals surface area (Å²) in [5, 5.41) is 8.77. The SMILES string of the molecule is Cn1cc(CCNc2snc(N)c2C2CC2)cn1. The van der Waals surface area contributed by atoms with Crippen molar-refractivity contribution in [3.8, 4) is 0 Å². The Morgan fingerprint density at radius 3 is 3.06 bits per heavy atom. The highest BCUT2D eigenvalue weighted by Gasteiger charge is 2.30. The lowest BCUT2D eigenvalue weighted by molar-refractivity contribution is 0.767. The fraction of sp³-hybridized carbons (Fsp3) is 0.500. The molecule has 1 aliphatic carbocycles. The van der Waals surface area contributed by atoms with E-state index in [1.165, 1.54) is 35.5 Å². The summed E-state index contributed by atoms with van der Waals surface area (Å²) < 4.78 is 6.08. The molecule has 2 aromatic rings. The van der Waals surface area contributed by atoms with Crippen LogP contribution in [0.1, 0.15) is 29.9 Å². The smallest absolute Gasteiger partial charge is 0.142 e. The normalized spacial score (nSPS) is 14.9. The van der Waals surface area contributed by atoms with Crippen molar-refractivity contribution in [2.45, 2.75) is 25.2 Å². The first-order valence-electron chi connectivity index (χ1n) is 6.20. The van der Waals surface area contributed by atoms with Gasteiger partial charge in [-0.1, -0.05) is 0 Å². The lowest BCUT2D eigenvalue weighted by atomic mass is 10.2. The van der Waals surface area contributed by atoms with Crippen LogP contribution in [0.2, 0.25) is 0 Å². The molecular weight excluding hydrogens is 246 g/mol. The Labute approximate surface area is 110 Å². The molecule has 6 heteroatoms. The van der Waals surface area contributed by atoms with Crippen molar-refractivity contribution in [2.75, 3.05) is 17.6 Å². The van der Waals surface area contributed by atoms with Crippen LogP contribution in [-0.4, -0.2) is 20.7 Å². The number of nitrogens with one attached hydrogen (secondary N) is 1. The van der Waals surface area contributed by atoms with Gasteiger partial charge in [-0.15, -0.1) is 0 Å². The van der Waals surface area contributed by atoms with E-state index in [4.69, 9.17) is 5.73 Å². The van der Waals surface area contributed by atoms with Crippen molar-refractivity contribution in [2.24, 2.45) is 7.05 Å². The van der Waals surface area contributed by atoms with Crippen LogP contribution in [-0.2, 0) is 13.5 Å². The van der Waals surface area contributed by atoms with Gasteiger partial charge in [0.25, 0.3) is 0 Å². The molecule has 96 valence electrons. The first-order chi connectivity index (χ1) is 8.74. The number of aromatic nitrogens is 3. The predicted octanol–water partition coefficient (Wildman–Crippen LogP) is 1.99. The van der Waals surface area contributed by atoms with E-state index < -0.39 is 0 Å². The van der Waals surface area contributed by atoms with Crippen LogP contribution in [0.4, 0.5) is 10.8 Å². The topological polar surface area (TPSA) is 68.8 Å². The molecule has 1 fully saturated rings. The van der Waals surface area contributed by atoms with E-state index in [1.54, 1.807) is 0 Å². The monoisotopic (exact) mass is 263 g/mol. The highest BCUT2D eigenvalue weighted by atomic mass is 32.1. The molecule has 5 nitrogen and oxygen atoms in total. The maximum atomic E-state index is 5.91. The molecule has 0 bridgehead atoms. The van der Waals surface area contributed by atoms with Gasteiger partial charge in [0.2, 0.25) is 0 Å². The number of aryl methyl sites for hydroxylation is 1. The Morgan fingerprint density at radius 2 is 2.39 bits per heavy atom. The maximum Gasteiger partial charge on any atom is 0.142 e. The Kier molecular flexibility index (Phi) is 2.95. The van der Waals surface area contributed by atoms with Gasteiger partial charge >= 0.3 is 0 Å². The largest absolute Gasteiger partial charge is 0.383 e. The fourth-order valence-electron chi connectivity index (χ4n) is 2.12. The third-order valence-corrected chi connectivity index (χ3v) is 4.03. The summed E-state index contributed by atoms with van der Waals surface area (Å²) in [4.78, 5) is 0. The van der Waals surface area contributed by atoms with Gasteiger partial charge in [-0.2, -0.15) is 9.47 Å². The zero-order chi connectivity index (χ0) is 12.5. The first-order valence-corrected chi connectivity index (χ1v) is 6.98. The maximum absolute atomic E-state index is 5.91. The Bertz CT molecular complexity index is 540. The molecule has 0 radical (unpaired) electrons. The van der Waals surface area contributed by atoms with E-state index >= 15 is 0 Å². The van der Waals surface area contributed by atoms with E-state index in [1.807, 2.05) is 24.1 Å². The van der Waals surface area contributed by atoms with Crippen LogP contribution in [0.3, 0.4) is 0 Å². The Balaban J connectivity index is 1.60. The Hall–Kier alpha value is -1.56. The number of hydrogen-bond donors (Lipinski definition) is 2. The lowest BCUT2D eigenvalue weighted by Crippen LogP contribution is -2.05. The molecule has 0 aliphatic heterocycles. The molecule has 0 spiro atoms. The highest BCUT2D eigenvalue weighted by molar-refractivity contribution is 7.10. The van der Waals surface area contributed by atoms with Crippen molar-refractivity contribution < 1.29 is 0 Å². The zero-order valence-corrected chi connectivity index (χ0v) is 11.2. The van der Waals surface area contributed by atoms with Gasteiger partial charge in [-0.05, 0) is 42.3 Å². The summed E-state index contributed by atoms with van der Waals surface area (Å²) in [6.45, 7) is 0.896. The number of nitrogen functional groups attached to an aromatic ring is 1. The summed E-state index contributed by atoms with van der Waals surface area (Å²) >= 11 is 1.48. The molecule has 1 saturated carbocycles. The molecule has 18 heavy (non-hydrogen) atoms. The minimum atomic E-state index is 0.643. The average molecular weight is 263 g/mol. The molecular formula is C12H17N5S. The molecule has 0 amide bonds. The second-order valence-corrected chi connectivity index (χ2v) is 5.56. The summed E-state index contributed by atoms with van der Waals surface area (Å²) in [6, 6.07) is 0.